The number of rotatable bonds is 2. The normalized spacial score (nSPS) is 26.4. The van der Waals surface area contributed by atoms with Crippen molar-refractivity contribution in [2.45, 2.75) is 32.9 Å². The van der Waals surface area contributed by atoms with Crippen LogP contribution in [0.25, 0.3) is 0 Å². The van der Waals surface area contributed by atoms with E-state index in [1.807, 2.05) is 18.7 Å². The van der Waals surface area contributed by atoms with Gasteiger partial charge in [-0.1, -0.05) is 0 Å². The van der Waals surface area contributed by atoms with Gasteiger partial charge >= 0.3 is 0 Å². The summed E-state index contributed by atoms with van der Waals surface area (Å²) in [5.41, 5.74) is 0. The lowest BCUT2D eigenvalue weighted by Crippen LogP contribution is -2.57. The fraction of sp³-hybridized carbons (Fsp3) is 0.857. The quantitative estimate of drug-likeness (QED) is 0.703. The highest BCUT2D eigenvalue weighted by molar-refractivity contribution is 5.82. The van der Waals surface area contributed by atoms with Crippen molar-refractivity contribution in [2.24, 2.45) is 0 Å². The molecule has 6 nitrogen and oxygen atoms in total. The minimum atomic E-state index is -0.106. The lowest BCUT2D eigenvalue weighted by atomic mass is 10.2. The Morgan fingerprint density at radius 3 is 2.25 bits per heavy atom. The maximum atomic E-state index is 12.5. The third-order valence-electron chi connectivity index (χ3n) is 4.21. The second-order valence-electron chi connectivity index (χ2n) is 5.68. The highest BCUT2D eigenvalue weighted by atomic mass is 16.5. The molecule has 114 valence electrons. The van der Waals surface area contributed by atoms with Crippen molar-refractivity contribution in [1.82, 2.24) is 14.7 Å². The fourth-order valence-corrected chi connectivity index (χ4v) is 2.86. The van der Waals surface area contributed by atoms with Crippen LogP contribution < -0.4 is 0 Å². The zero-order chi connectivity index (χ0) is 14.7. The Kier molecular flexibility index (Phi) is 4.99. The van der Waals surface area contributed by atoms with E-state index in [1.165, 1.54) is 0 Å². The van der Waals surface area contributed by atoms with Gasteiger partial charge in [0, 0.05) is 46.2 Å². The molecule has 0 aromatic rings. The molecule has 2 amide bonds. The zero-order valence-electron chi connectivity index (χ0n) is 12.7. The van der Waals surface area contributed by atoms with E-state index in [1.54, 1.807) is 11.8 Å². The van der Waals surface area contributed by atoms with E-state index in [4.69, 9.17) is 4.74 Å². The van der Waals surface area contributed by atoms with E-state index in [9.17, 15) is 9.59 Å². The molecule has 2 heterocycles. The van der Waals surface area contributed by atoms with Crippen LogP contribution in [0.1, 0.15) is 20.8 Å². The molecule has 2 rings (SSSR count). The first-order valence-electron chi connectivity index (χ1n) is 7.39. The van der Waals surface area contributed by atoms with E-state index in [0.717, 1.165) is 13.1 Å². The SMILES string of the molecule is CC(=O)N1CCN(C(=O)C(C)N2CCOC(C)C2)CC1. The van der Waals surface area contributed by atoms with Crippen LogP contribution in [0.5, 0.6) is 0 Å². The summed E-state index contributed by atoms with van der Waals surface area (Å²) in [7, 11) is 0. The van der Waals surface area contributed by atoms with E-state index in [2.05, 4.69) is 4.90 Å². The Labute approximate surface area is 120 Å². The molecule has 2 unspecified atom stereocenters. The van der Waals surface area contributed by atoms with E-state index >= 15 is 0 Å². The van der Waals surface area contributed by atoms with Crippen LogP contribution >= 0.6 is 0 Å². The van der Waals surface area contributed by atoms with Gasteiger partial charge in [-0.15, -0.1) is 0 Å². The minimum absolute atomic E-state index is 0.0900. The Morgan fingerprint density at radius 2 is 1.70 bits per heavy atom. The molecule has 0 saturated carbocycles. The summed E-state index contributed by atoms with van der Waals surface area (Å²) in [6.45, 7) is 10.5. The molecule has 2 saturated heterocycles. The van der Waals surface area contributed by atoms with Gasteiger partial charge in [-0.3, -0.25) is 14.5 Å². The van der Waals surface area contributed by atoms with Crippen molar-refractivity contribution < 1.29 is 14.3 Å². The van der Waals surface area contributed by atoms with Crippen molar-refractivity contribution in [2.75, 3.05) is 45.9 Å². The van der Waals surface area contributed by atoms with E-state index in [0.29, 0.717) is 32.8 Å². The van der Waals surface area contributed by atoms with Crippen molar-refractivity contribution >= 4 is 11.8 Å². The molecule has 2 aliphatic heterocycles. The molecule has 6 heteroatoms. The molecule has 0 N–H and O–H groups in total. The average molecular weight is 283 g/mol. The van der Waals surface area contributed by atoms with Gasteiger partial charge in [-0.05, 0) is 13.8 Å². The van der Waals surface area contributed by atoms with Gasteiger partial charge in [0.25, 0.3) is 0 Å². The van der Waals surface area contributed by atoms with E-state index < -0.39 is 0 Å². The summed E-state index contributed by atoms with van der Waals surface area (Å²) in [5.74, 6) is 0.259. The summed E-state index contributed by atoms with van der Waals surface area (Å²) >= 11 is 0. The summed E-state index contributed by atoms with van der Waals surface area (Å²) < 4.78 is 5.51. The van der Waals surface area contributed by atoms with Gasteiger partial charge in [0.1, 0.15) is 0 Å². The maximum Gasteiger partial charge on any atom is 0.239 e. The van der Waals surface area contributed by atoms with Crippen LogP contribution in [0, 0.1) is 0 Å². The minimum Gasteiger partial charge on any atom is -0.376 e. The topological polar surface area (TPSA) is 53.1 Å². The van der Waals surface area contributed by atoms with Crippen LogP contribution in [0.3, 0.4) is 0 Å². The first-order chi connectivity index (χ1) is 9.49. The number of hydrogen-bond acceptors (Lipinski definition) is 4. The fourth-order valence-electron chi connectivity index (χ4n) is 2.86. The number of carbonyl (C=O) groups is 2. The first-order valence-corrected chi connectivity index (χ1v) is 7.39. The molecule has 0 aromatic carbocycles. The summed E-state index contributed by atoms with van der Waals surface area (Å²) in [6, 6.07) is -0.106. The largest absolute Gasteiger partial charge is 0.376 e. The number of nitrogens with zero attached hydrogens (tertiary/aromatic N) is 3. The van der Waals surface area contributed by atoms with Crippen molar-refractivity contribution in [3.63, 3.8) is 0 Å². The molecule has 0 bridgehead atoms. The number of hydrogen-bond donors (Lipinski definition) is 0. The second-order valence-corrected chi connectivity index (χ2v) is 5.68. The summed E-state index contributed by atoms with van der Waals surface area (Å²) in [5, 5.41) is 0. The monoisotopic (exact) mass is 283 g/mol. The van der Waals surface area contributed by atoms with Gasteiger partial charge < -0.3 is 14.5 Å². The summed E-state index contributed by atoms with van der Waals surface area (Å²) in [6.07, 6.45) is 0.188. The van der Waals surface area contributed by atoms with Gasteiger partial charge in [0.05, 0.1) is 18.8 Å². The van der Waals surface area contributed by atoms with Crippen LogP contribution in [0.15, 0.2) is 0 Å². The predicted octanol–water partition coefficient (Wildman–Crippen LogP) is -0.214. The number of carbonyl (C=O) groups excluding carboxylic acids is 2. The summed E-state index contributed by atoms with van der Waals surface area (Å²) in [4.78, 5) is 29.7. The van der Waals surface area contributed by atoms with Gasteiger partial charge in [0.2, 0.25) is 11.8 Å². The molecule has 2 atom stereocenters. The highest BCUT2D eigenvalue weighted by Crippen LogP contribution is 2.12. The third kappa shape index (κ3) is 3.49. The molecule has 0 aromatic heterocycles. The van der Waals surface area contributed by atoms with Crippen molar-refractivity contribution in [1.29, 1.82) is 0 Å². The molecular weight excluding hydrogens is 258 g/mol. The Morgan fingerprint density at radius 1 is 1.10 bits per heavy atom. The smallest absolute Gasteiger partial charge is 0.239 e. The molecule has 0 aliphatic carbocycles. The number of amides is 2. The molecule has 0 spiro atoms. The van der Waals surface area contributed by atoms with Crippen molar-refractivity contribution in [3.05, 3.63) is 0 Å². The molecular formula is C14H25N3O3. The first kappa shape index (κ1) is 15.3. The molecule has 2 aliphatic rings. The van der Waals surface area contributed by atoms with Gasteiger partial charge in [-0.2, -0.15) is 0 Å². The molecule has 0 radical (unpaired) electrons. The maximum absolute atomic E-state index is 12.5. The van der Waals surface area contributed by atoms with Crippen molar-refractivity contribution in [3.8, 4) is 0 Å². The predicted molar refractivity (Wildman–Crippen MR) is 75.3 cm³/mol. The third-order valence-corrected chi connectivity index (χ3v) is 4.21. The van der Waals surface area contributed by atoms with E-state index in [-0.39, 0.29) is 24.0 Å². The van der Waals surface area contributed by atoms with Crippen LogP contribution in [-0.2, 0) is 14.3 Å². The molecule has 2 fully saturated rings. The average Bonchev–Trinajstić information content (AvgIpc) is 2.46. The van der Waals surface area contributed by atoms with Crippen LogP contribution in [0.4, 0.5) is 0 Å². The lowest BCUT2D eigenvalue weighted by molar-refractivity contribution is -0.144. The highest BCUT2D eigenvalue weighted by Gasteiger charge is 2.31. The van der Waals surface area contributed by atoms with Crippen LogP contribution in [-0.4, -0.2) is 84.5 Å². The Bertz CT molecular complexity index is 367. The van der Waals surface area contributed by atoms with Gasteiger partial charge in [0.15, 0.2) is 0 Å². The van der Waals surface area contributed by atoms with Crippen LogP contribution in [0.2, 0.25) is 0 Å². The molecule has 20 heavy (non-hydrogen) atoms. The Balaban J connectivity index is 1.86. The van der Waals surface area contributed by atoms with Gasteiger partial charge in [-0.25, -0.2) is 0 Å². The lowest BCUT2D eigenvalue weighted by Gasteiger charge is -2.39. The Hall–Kier alpha value is -1.14. The number of piperazine rings is 1. The zero-order valence-corrected chi connectivity index (χ0v) is 12.7. The number of morpholine rings is 1. The second kappa shape index (κ2) is 6.54. The standard InChI is InChI=1S/C14H25N3O3/c1-11-10-17(8-9-20-11)12(2)14(19)16-6-4-15(5-7-16)13(3)18/h11-12H,4-10H2,1-3H3. The number of ether oxygens (including phenoxy) is 1.